The molecule has 3 N–H and O–H groups in total. The Morgan fingerprint density at radius 2 is 1.64 bits per heavy atom. The van der Waals surface area contributed by atoms with Crippen molar-refractivity contribution in [3.05, 3.63) is 77.7 Å². The van der Waals surface area contributed by atoms with Crippen molar-refractivity contribution < 1.29 is 9.59 Å². The van der Waals surface area contributed by atoms with Gasteiger partial charge in [0.05, 0.1) is 0 Å². The van der Waals surface area contributed by atoms with Crippen LogP contribution in [0.4, 0.5) is 17.2 Å². The first-order valence-electron chi connectivity index (χ1n) is 8.80. The van der Waals surface area contributed by atoms with Crippen molar-refractivity contribution in [3.63, 3.8) is 0 Å². The molecule has 7 heteroatoms. The summed E-state index contributed by atoms with van der Waals surface area (Å²) in [5, 5.41) is 8.65. The van der Waals surface area contributed by atoms with Gasteiger partial charge in [0.15, 0.2) is 0 Å². The molecule has 0 atom stereocenters. The molecule has 3 aromatic rings. The van der Waals surface area contributed by atoms with Gasteiger partial charge < -0.3 is 16.0 Å². The molecule has 0 aliphatic rings. The standard InChI is InChI=1S/C21H21N5O2/c1-14-4-3-5-16(10-14)12-22-20-11-19(23-13-24-20)21(28)26-18-8-6-17(7-9-18)25-15(2)27/h3-11,13H,12H2,1-2H3,(H,25,27)(H,26,28)(H,22,23,24). The summed E-state index contributed by atoms with van der Waals surface area (Å²) < 4.78 is 0. The van der Waals surface area contributed by atoms with Crippen LogP contribution in [-0.4, -0.2) is 21.8 Å². The molecule has 0 unspecified atom stereocenters. The second-order valence-electron chi connectivity index (χ2n) is 6.34. The number of anilines is 3. The van der Waals surface area contributed by atoms with Gasteiger partial charge in [0.1, 0.15) is 17.8 Å². The van der Waals surface area contributed by atoms with Crippen LogP contribution < -0.4 is 16.0 Å². The van der Waals surface area contributed by atoms with E-state index in [-0.39, 0.29) is 17.5 Å². The number of carbonyl (C=O) groups is 2. The summed E-state index contributed by atoms with van der Waals surface area (Å²) in [7, 11) is 0. The van der Waals surface area contributed by atoms with Crippen molar-refractivity contribution >= 4 is 29.0 Å². The van der Waals surface area contributed by atoms with Gasteiger partial charge in [-0.25, -0.2) is 9.97 Å². The molecule has 0 fully saturated rings. The highest BCUT2D eigenvalue weighted by Crippen LogP contribution is 2.15. The van der Waals surface area contributed by atoms with Crippen molar-refractivity contribution in [2.45, 2.75) is 20.4 Å². The number of amides is 2. The van der Waals surface area contributed by atoms with Gasteiger partial charge in [0.2, 0.25) is 5.91 Å². The molecule has 2 amide bonds. The highest BCUT2D eigenvalue weighted by atomic mass is 16.2. The minimum Gasteiger partial charge on any atom is -0.366 e. The maximum Gasteiger partial charge on any atom is 0.274 e. The van der Waals surface area contributed by atoms with Crippen molar-refractivity contribution in [2.24, 2.45) is 0 Å². The monoisotopic (exact) mass is 375 g/mol. The van der Waals surface area contributed by atoms with E-state index in [1.165, 1.54) is 18.8 Å². The Balaban J connectivity index is 1.62. The van der Waals surface area contributed by atoms with Crippen LogP contribution in [0.2, 0.25) is 0 Å². The molecule has 1 aromatic heterocycles. The molecular formula is C21H21N5O2. The van der Waals surface area contributed by atoms with Crippen LogP contribution in [0.25, 0.3) is 0 Å². The molecule has 0 spiro atoms. The molecule has 0 bridgehead atoms. The molecule has 0 saturated carbocycles. The molecule has 142 valence electrons. The number of rotatable bonds is 6. The van der Waals surface area contributed by atoms with E-state index in [0.29, 0.717) is 23.7 Å². The minimum atomic E-state index is -0.340. The molecule has 1 heterocycles. The molecule has 3 rings (SSSR count). The van der Waals surface area contributed by atoms with E-state index in [1.807, 2.05) is 25.1 Å². The van der Waals surface area contributed by atoms with Gasteiger partial charge in [-0.3, -0.25) is 9.59 Å². The fourth-order valence-corrected chi connectivity index (χ4v) is 2.63. The maximum atomic E-state index is 12.4. The molecule has 0 aliphatic carbocycles. The van der Waals surface area contributed by atoms with Gasteiger partial charge in [0.25, 0.3) is 5.91 Å². The average Bonchev–Trinajstić information content (AvgIpc) is 2.68. The number of benzene rings is 2. The number of nitrogens with one attached hydrogen (secondary N) is 3. The number of aromatic nitrogens is 2. The summed E-state index contributed by atoms with van der Waals surface area (Å²) >= 11 is 0. The lowest BCUT2D eigenvalue weighted by Crippen LogP contribution is -2.15. The molecule has 28 heavy (non-hydrogen) atoms. The van der Waals surface area contributed by atoms with Crippen molar-refractivity contribution in [2.75, 3.05) is 16.0 Å². The number of carbonyl (C=O) groups excluding carboxylic acids is 2. The minimum absolute atomic E-state index is 0.150. The first kappa shape index (κ1) is 19.0. The Morgan fingerprint density at radius 3 is 2.32 bits per heavy atom. The van der Waals surface area contributed by atoms with Crippen molar-refractivity contribution in [1.29, 1.82) is 0 Å². The highest BCUT2D eigenvalue weighted by Gasteiger charge is 2.09. The lowest BCUT2D eigenvalue weighted by molar-refractivity contribution is -0.114. The van der Waals surface area contributed by atoms with E-state index in [4.69, 9.17) is 0 Å². The summed E-state index contributed by atoms with van der Waals surface area (Å²) in [5.74, 6) is 0.0828. The molecular weight excluding hydrogens is 354 g/mol. The normalized spacial score (nSPS) is 10.2. The Hall–Kier alpha value is -3.74. The van der Waals surface area contributed by atoms with Gasteiger partial charge in [-0.05, 0) is 36.8 Å². The van der Waals surface area contributed by atoms with E-state index in [2.05, 4.69) is 32.0 Å². The van der Waals surface area contributed by atoms with Crippen molar-refractivity contribution in [3.8, 4) is 0 Å². The Labute approximate surface area is 163 Å². The first-order chi connectivity index (χ1) is 13.5. The van der Waals surface area contributed by atoms with Gasteiger partial charge >= 0.3 is 0 Å². The third-order valence-electron chi connectivity index (χ3n) is 3.92. The lowest BCUT2D eigenvalue weighted by Gasteiger charge is -2.09. The largest absolute Gasteiger partial charge is 0.366 e. The van der Waals surface area contributed by atoms with E-state index < -0.39 is 0 Å². The molecule has 7 nitrogen and oxygen atoms in total. The molecule has 2 aromatic carbocycles. The quantitative estimate of drug-likeness (QED) is 0.612. The van der Waals surface area contributed by atoms with Crippen LogP contribution in [0.1, 0.15) is 28.5 Å². The smallest absolute Gasteiger partial charge is 0.274 e. The van der Waals surface area contributed by atoms with E-state index >= 15 is 0 Å². The lowest BCUT2D eigenvalue weighted by atomic mass is 10.1. The molecule has 0 radical (unpaired) electrons. The van der Waals surface area contributed by atoms with Gasteiger partial charge in [0, 0.05) is 30.9 Å². The second kappa shape index (κ2) is 8.77. The number of hydrogen-bond donors (Lipinski definition) is 3. The van der Waals surface area contributed by atoms with Crippen LogP contribution in [-0.2, 0) is 11.3 Å². The predicted molar refractivity (Wildman–Crippen MR) is 109 cm³/mol. The van der Waals surface area contributed by atoms with Crippen LogP contribution in [0.3, 0.4) is 0 Å². The second-order valence-corrected chi connectivity index (χ2v) is 6.34. The SMILES string of the molecule is CC(=O)Nc1ccc(NC(=O)c2cc(NCc3cccc(C)c3)ncn2)cc1. The third kappa shape index (κ3) is 5.38. The molecule has 0 saturated heterocycles. The number of hydrogen-bond acceptors (Lipinski definition) is 5. The van der Waals surface area contributed by atoms with E-state index in [0.717, 1.165) is 5.56 Å². The Bertz CT molecular complexity index is 986. The van der Waals surface area contributed by atoms with Gasteiger partial charge in [-0.1, -0.05) is 29.8 Å². The summed E-state index contributed by atoms with van der Waals surface area (Å²) in [6.07, 6.45) is 1.35. The van der Waals surface area contributed by atoms with Crippen LogP contribution >= 0.6 is 0 Å². The third-order valence-corrected chi connectivity index (χ3v) is 3.92. The van der Waals surface area contributed by atoms with Crippen molar-refractivity contribution in [1.82, 2.24) is 9.97 Å². The summed E-state index contributed by atoms with van der Waals surface area (Å²) in [6, 6.07) is 16.6. The summed E-state index contributed by atoms with van der Waals surface area (Å²) in [5.41, 5.74) is 3.84. The fourth-order valence-electron chi connectivity index (χ4n) is 2.63. The predicted octanol–water partition coefficient (Wildman–Crippen LogP) is 3.61. The topological polar surface area (TPSA) is 96.0 Å². The zero-order valence-electron chi connectivity index (χ0n) is 15.7. The van der Waals surface area contributed by atoms with E-state index in [9.17, 15) is 9.59 Å². The Morgan fingerprint density at radius 1 is 0.929 bits per heavy atom. The van der Waals surface area contributed by atoms with Crippen LogP contribution in [0.15, 0.2) is 60.9 Å². The summed E-state index contributed by atoms with van der Waals surface area (Å²) in [4.78, 5) is 31.7. The average molecular weight is 375 g/mol. The Kier molecular flexibility index (Phi) is 5.96. The zero-order chi connectivity index (χ0) is 19.9. The van der Waals surface area contributed by atoms with Gasteiger partial charge in [-0.15, -0.1) is 0 Å². The van der Waals surface area contributed by atoms with Gasteiger partial charge in [-0.2, -0.15) is 0 Å². The summed E-state index contributed by atoms with van der Waals surface area (Å²) in [6.45, 7) is 4.08. The highest BCUT2D eigenvalue weighted by molar-refractivity contribution is 6.03. The number of nitrogens with zero attached hydrogens (tertiary/aromatic N) is 2. The van der Waals surface area contributed by atoms with Crippen LogP contribution in [0, 0.1) is 6.92 Å². The number of aryl methyl sites for hydroxylation is 1. The fraction of sp³-hybridized carbons (Fsp3) is 0.143. The maximum absolute atomic E-state index is 12.4. The zero-order valence-corrected chi connectivity index (χ0v) is 15.7. The van der Waals surface area contributed by atoms with Crippen LogP contribution in [0.5, 0.6) is 0 Å². The molecule has 0 aliphatic heterocycles. The first-order valence-corrected chi connectivity index (χ1v) is 8.80. The van der Waals surface area contributed by atoms with E-state index in [1.54, 1.807) is 30.3 Å².